The maximum Gasteiger partial charge on any atom is 0.320 e. The molecule has 4 aliphatic rings. The summed E-state index contributed by atoms with van der Waals surface area (Å²) in [5, 5.41) is 23.4. The summed E-state index contributed by atoms with van der Waals surface area (Å²) >= 11 is 0. The number of hydrogen-bond donors (Lipinski definition) is 1. The van der Waals surface area contributed by atoms with Crippen LogP contribution in [0, 0.1) is 27.9 Å². The summed E-state index contributed by atoms with van der Waals surface area (Å²) in [4.78, 5) is 24.4. The number of ether oxygens (including phenoxy) is 1. The third-order valence-corrected chi connectivity index (χ3v) is 7.97. The van der Waals surface area contributed by atoms with E-state index in [4.69, 9.17) is 4.74 Å². The van der Waals surface area contributed by atoms with Crippen molar-refractivity contribution in [2.75, 3.05) is 12.4 Å². The van der Waals surface area contributed by atoms with Gasteiger partial charge in [-0.05, 0) is 74.0 Å². The molecule has 1 amide bonds. The Morgan fingerprint density at radius 2 is 1.91 bits per heavy atom. The van der Waals surface area contributed by atoms with Gasteiger partial charge in [-0.15, -0.1) is 0 Å². The SMILES string of the molecule is COc1cccc(Cn2cc(NC(=O)c3nn(C45CC6CC(CC(C6)C4)C5)cc3[N+](=O)[O-])cn2)c1. The average molecular weight is 477 g/mol. The molecule has 0 atom stereocenters. The van der Waals surface area contributed by atoms with Gasteiger partial charge in [0, 0.05) is 6.20 Å². The van der Waals surface area contributed by atoms with Crippen LogP contribution in [0.4, 0.5) is 11.4 Å². The van der Waals surface area contributed by atoms with Crippen molar-refractivity contribution in [3.63, 3.8) is 0 Å². The monoisotopic (exact) mass is 476 g/mol. The summed E-state index contributed by atoms with van der Waals surface area (Å²) in [5.74, 6) is 2.15. The molecule has 4 fully saturated rings. The first-order chi connectivity index (χ1) is 16.9. The maximum absolute atomic E-state index is 13.1. The summed E-state index contributed by atoms with van der Waals surface area (Å²) in [5.41, 5.74) is 0.861. The van der Waals surface area contributed by atoms with Crippen LogP contribution in [-0.2, 0) is 12.1 Å². The third-order valence-electron chi connectivity index (χ3n) is 7.97. The van der Waals surface area contributed by atoms with E-state index in [0.29, 0.717) is 30.0 Å². The van der Waals surface area contributed by atoms with Gasteiger partial charge >= 0.3 is 5.69 Å². The van der Waals surface area contributed by atoms with E-state index in [-0.39, 0.29) is 16.9 Å². The van der Waals surface area contributed by atoms with Gasteiger partial charge in [-0.1, -0.05) is 12.1 Å². The van der Waals surface area contributed by atoms with Crippen LogP contribution < -0.4 is 10.1 Å². The molecule has 1 aromatic carbocycles. The fourth-order valence-electron chi connectivity index (χ4n) is 6.91. The maximum atomic E-state index is 13.1. The number of hydrogen-bond acceptors (Lipinski definition) is 6. The third kappa shape index (κ3) is 3.96. The lowest BCUT2D eigenvalue weighted by molar-refractivity contribution is -0.385. The Morgan fingerprint density at radius 3 is 2.57 bits per heavy atom. The van der Waals surface area contributed by atoms with E-state index in [1.165, 1.54) is 31.7 Å². The van der Waals surface area contributed by atoms with E-state index in [9.17, 15) is 14.9 Å². The lowest BCUT2D eigenvalue weighted by atomic mass is 9.53. The van der Waals surface area contributed by atoms with Crippen molar-refractivity contribution in [1.82, 2.24) is 19.6 Å². The van der Waals surface area contributed by atoms with Gasteiger partial charge in [0.2, 0.25) is 5.69 Å². The molecule has 0 aliphatic heterocycles. The fraction of sp³-hybridized carbons (Fsp3) is 0.480. The number of amides is 1. The molecule has 2 heterocycles. The Balaban J connectivity index is 1.22. The zero-order chi connectivity index (χ0) is 24.2. The number of nitro groups is 1. The van der Waals surface area contributed by atoms with Crippen LogP contribution in [0.2, 0.25) is 0 Å². The molecule has 4 bridgehead atoms. The van der Waals surface area contributed by atoms with Crippen molar-refractivity contribution in [2.45, 2.75) is 50.6 Å². The van der Waals surface area contributed by atoms with Crippen molar-refractivity contribution in [2.24, 2.45) is 17.8 Å². The molecular formula is C25H28N6O4. The molecule has 0 radical (unpaired) electrons. The first-order valence-corrected chi connectivity index (χ1v) is 12.1. The Morgan fingerprint density at radius 1 is 1.20 bits per heavy atom. The number of methoxy groups -OCH3 is 1. The Labute approximate surface area is 202 Å². The highest BCUT2D eigenvalue weighted by atomic mass is 16.6. The number of carbonyl (C=O) groups excluding carboxylic acids is 1. The second-order valence-electron chi connectivity index (χ2n) is 10.4. The predicted molar refractivity (Wildman–Crippen MR) is 127 cm³/mol. The number of nitrogens with one attached hydrogen (secondary N) is 1. The molecule has 0 saturated heterocycles. The van der Waals surface area contributed by atoms with E-state index in [0.717, 1.165) is 30.6 Å². The van der Waals surface area contributed by atoms with Crippen molar-refractivity contribution in [3.8, 4) is 5.75 Å². The van der Waals surface area contributed by atoms with Crippen LogP contribution in [0.25, 0.3) is 0 Å². The molecule has 1 N–H and O–H groups in total. The van der Waals surface area contributed by atoms with Crippen LogP contribution in [0.5, 0.6) is 5.75 Å². The largest absolute Gasteiger partial charge is 0.497 e. The molecular weight excluding hydrogens is 448 g/mol. The van der Waals surface area contributed by atoms with Crippen LogP contribution in [0.1, 0.15) is 54.6 Å². The van der Waals surface area contributed by atoms with E-state index < -0.39 is 10.8 Å². The molecule has 3 aromatic rings. The molecule has 10 nitrogen and oxygen atoms in total. The topological polar surface area (TPSA) is 117 Å². The van der Waals surface area contributed by atoms with Gasteiger partial charge in [0.1, 0.15) is 11.9 Å². The number of anilines is 1. The standard InChI is InChI=1S/C25H28N6O4/c1-35-21-4-2-3-16(8-21)13-29-14-20(12-26-29)27-24(32)23-22(31(33)34)15-30(28-23)25-9-17-5-18(10-25)7-19(6-17)11-25/h2-4,8,12,14-15,17-19H,5-7,9-11,13H2,1H3,(H,27,32). The van der Waals surface area contributed by atoms with Crippen molar-refractivity contribution >= 4 is 17.3 Å². The lowest BCUT2D eigenvalue weighted by Gasteiger charge is -2.56. The minimum absolute atomic E-state index is 0.147. The van der Waals surface area contributed by atoms with E-state index in [1.54, 1.807) is 22.7 Å². The highest BCUT2D eigenvalue weighted by Crippen LogP contribution is 2.58. The Bertz CT molecular complexity index is 1260. The second-order valence-corrected chi connectivity index (χ2v) is 10.4. The zero-order valence-corrected chi connectivity index (χ0v) is 19.6. The highest BCUT2D eigenvalue weighted by Gasteiger charge is 2.53. The summed E-state index contributed by atoms with van der Waals surface area (Å²) < 4.78 is 8.71. The van der Waals surface area contributed by atoms with Crippen molar-refractivity contribution in [1.29, 1.82) is 0 Å². The van der Waals surface area contributed by atoms with Gasteiger partial charge < -0.3 is 10.1 Å². The molecule has 10 heteroatoms. The van der Waals surface area contributed by atoms with Crippen LogP contribution in [0.3, 0.4) is 0 Å². The van der Waals surface area contributed by atoms with E-state index in [2.05, 4.69) is 15.5 Å². The Hall–Kier alpha value is -3.69. The van der Waals surface area contributed by atoms with E-state index in [1.807, 2.05) is 24.3 Å². The van der Waals surface area contributed by atoms with Gasteiger partial charge in [0.05, 0.1) is 36.0 Å². The van der Waals surface area contributed by atoms with Crippen LogP contribution >= 0.6 is 0 Å². The van der Waals surface area contributed by atoms with Crippen LogP contribution in [0.15, 0.2) is 42.9 Å². The lowest BCUT2D eigenvalue weighted by Crippen LogP contribution is -2.52. The highest BCUT2D eigenvalue weighted by molar-refractivity contribution is 6.05. The molecule has 4 saturated carbocycles. The van der Waals surface area contributed by atoms with Crippen molar-refractivity contribution < 1.29 is 14.5 Å². The summed E-state index contributed by atoms with van der Waals surface area (Å²) in [7, 11) is 1.62. The van der Waals surface area contributed by atoms with Gasteiger partial charge in [-0.2, -0.15) is 10.2 Å². The number of rotatable bonds is 7. The second kappa shape index (κ2) is 8.21. The Kier molecular flexibility index (Phi) is 5.12. The van der Waals surface area contributed by atoms with Crippen molar-refractivity contribution in [3.05, 3.63) is 64.2 Å². The normalized spacial score (nSPS) is 26.6. The number of nitrogens with zero attached hydrogens (tertiary/aromatic N) is 5. The minimum Gasteiger partial charge on any atom is -0.497 e. The number of aromatic nitrogens is 4. The number of benzene rings is 1. The summed E-state index contributed by atoms with van der Waals surface area (Å²) in [6.07, 6.45) is 11.5. The van der Waals surface area contributed by atoms with E-state index >= 15 is 0 Å². The zero-order valence-electron chi connectivity index (χ0n) is 19.6. The minimum atomic E-state index is -0.596. The van der Waals surface area contributed by atoms with Gasteiger partial charge in [-0.25, -0.2) is 0 Å². The molecule has 182 valence electrons. The number of carbonyl (C=O) groups is 1. The smallest absolute Gasteiger partial charge is 0.320 e. The first-order valence-electron chi connectivity index (χ1n) is 12.1. The molecule has 4 aliphatic carbocycles. The van der Waals surface area contributed by atoms with Gasteiger partial charge in [0.15, 0.2) is 0 Å². The van der Waals surface area contributed by atoms with Gasteiger partial charge in [0.25, 0.3) is 5.91 Å². The molecule has 2 aromatic heterocycles. The molecule has 0 unspecified atom stereocenters. The fourth-order valence-corrected chi connectivity index (χ4v) is 6.91. The quantitative estimate of drug-likeness (QED) is 0.403. The molecule has 7 rings (SSSR count). The van der Waals surface area contributed by atoms with Gasteiger partial charge in [-0.3, -0.25) is 24.3 Å². The summed E-state index contributed by atoms with van der Waals surface area (Å²) in [6.45, 7) is 0.494. The average Bonchev–Trinajstić information content (AvgIpc) is 3.46. The van der Waals surface area contributed by atoms with Crippen LogP contribution in [-0.4, -0.2) is 37.5 Å². The molecule has 0 spiro atoms. The first kappa shape index (κ1) is 21.8. The summed E-state index contributed by atoms with van der Waals surface area (Å²) in [6, 6.07) is 7.65. The molecule has 35 heavy (non-hydrogen) atoms. The predicted octanol–water partition coefficient (Wildman–Crippen LogP) is 4.22.